The van der Waals surface area contributed by atoms with Gasteiger partial charge in [0.15, 0.2) is 0 Å². The first-order valence-electron chi connectivity index (χ1n) is 12.3. The summed E-state index contributed by atoms with van der Waals surface area (Å²) < 4.78 is 39.3. The Bertz CT molecular complexity index is 1360. The maximum atomic E-state index is 13.8. The number of likely N-dealkylation sites (N-methyl/N-ethyl adjacent to an activating group) is 1. The van der Waals surface area contributed by atoms with E-state index >= 15 is 0 Å². The zero-order valence-electron chi connectivity index (χ0n) is 22.3. The predicted molar refractivity (Wildman–Crippen MR) is 151 cm³/mol. The average molecular weight is 574 g/mol. The summed E-state index contributed by atoms with van der Waals surface area (Å²) in [7, 11) is -1.16. The summed E-state index contributed by atoms with van der Waals surface area (Å²) in [4.78, 5) is 27.7. The van der Waals surface area contributed by atoms with Crippen LogP contribution in [0.1, 0.15) is 19.4 Å². The lowest BCUT2D eigenvalue weighted by Gasteiger charge is -2.31. The fourth-order valence-electron chi connectivity index (χ4n) is 3.86. The highest BCUT2D eigenvalue weighted by Crippen LogP contribution is 2.27. The van der Waals surface area contributed by atoms with Crippen molar-refractivity contribution in [3.8, 4) is 11.5 Å². The summed E-state index contributed by atoms with van der Waals surface area (Å²) in [6.07, 6.45) is 0. The predicted octanol–water partition coefficient (Wildman–Crippen LogP) is 4.11. The number of nitrogens with one attached hydrogen (secondary N) is 1. The van der Waals surface area contributed by atoms with Gasteiger partial charge in [-0.15, -0.1) is 0 Å². The van der Waals surface area contributed by atoms with E-state index in [2.05, 4.69) is 5.32 Å². The fourth-order valence-corrected chi connectivity index (χ4v) is 5.40. The average Bonchev–Trinajstić information content (AvgIpc) is 2.94. The van der Waals surface area contributed by atoms with E-state index in [-0.39, 0.29) is 23.0 Å². The van der Waals surface area contributed by atoms with Gasteiger partial charge in [0, 0.05) is 18.6 Å². The van der Waals surface area contributed by atoms with Crippen molar-refractivity contribution in [3.63, 3.8) is 0 Å². The molecule has 3 rings (SSSR count). The van der Waals surface area contributed by atoms with Gasteiger partial charge in [-0.2, -0.15) is 0 Å². The lowest BCUT2D eigenvalue weighted by atomic mass is 10.1. The zero-order chi connectivity index (χ0) is 28.6. The van der Waals surface area contributed by atoms with Crippen molar-refractivity contribution in [3.05, 3.63) is 83.4 Å². The molecule has 3 aromatic rings. The van der Waals surface area contributed by atoms with Crippen molar-refractivity contribution in [2.45, 2.75) is 31.3 Å². The number of hydrogen-bond acceptors (Lipinski definition) is 6. The second-order valence-corrected chi connectivity index (χ2v) is 10.9. The van der Waals surface area contributed by atoms with Crippen LogP contribution in [0.3, 0.4) is 0 Å². The molecule has 0 aromatic heterocycles. The quantitative estimate of drug-likeness (QED) is 0.350. The van der Waals surface area contributed by atoms with Crippen LogP contribution < -0.4 is 19.1 Å². The van der Waals surface area contributed by atoms with Crippen LogP contribution in [-0.2, 0) is 26.2 Å². The number of carbonyl (C=O) groups excluding carboxylic acids is 2. The first kappa shape index (κ1) is 29.8. The molecule has 2 amide bonds. The Morgan fingerprint density at radius 2 is 1.54 bits per heavy atom. The summed E-state index contributed by atoms with van der Waals surface area (Å²) in [6.45, 7) is 3.42. The number of halogens is 1. The van der Waals surface area contributed by atoms with Crippen LogP contribution >= 0.6 is 11.6 Å². The summed E-state index contributed by atoms with van der Waals surface area (Å²) in [6, 6.07) is 18.3. The van der Waals surface area contributed by atoms with Gasteiger partial charge in [-0.25, -0.2) is 8.42 Å². The normalized spacial score (nSPS) is 11.8. The van der Waals surface area contributed by atoms with Gasteiger partial charge < -0.3 is 19.7 Å². The first-order valence-corrected chi connectivity index (χ1v) is 14.1. The monoisotopic (exact) mass is 573 g/mol. The van der Waals surface area contributed by atoms with Gasteiger partial charge >= 0.3 is 0 Å². The number of anilines is 1. The number of ether oxygens (including phenoxy) is 2. The van der Waals surface area contributed by atoms with Gasteiger partial charge in [-0.3, -0.25) is 13.9 Å². The molecule has 0 saturated carbocycles. The Morgan fingerprint density at radius 1 is 0.949 bits per heavy atom. The zero-order valence-corrected chi connectivity index (χ0v) is 23.8. The van der Waals surface area contributed by atoms with E-state index in [1.54, 1.807) is 62.6 Å². The SMILES string of the molecule is CCOc1ccc(N(CC(=O)N(Cc2ccc(OC)cc2)[C@@H](C)C(=O)NC)S(=O)(=O)c2ccc(Cl)cc2)cc1. The summed E-state index contributed by atoms with van der Waals surface area (Å²) in [5.74, 6) is 0.260. The van der Waals surface area contributed by atoms with Crippen LogP contribution in [0.2, 0.25) is 5.02 Å². The molecule has 0 radical (unpaired) electrons. The molecule has 9 nitrogen and oxygen atoms in total. The van der Waals surface area contributed by atoms with E-state index in [1.807, 2.05) is 6.92 Å². The van der Waals surface area contributed by atoms with E-state index < -0.39 is 28.5 Å². The molecule has 3 aromatic carbocycles. The highest BCUT2D eigenvalue weighted by atomic mass is 35.5. The molecule has 0 saturated heterocycles. The number of hydrogen-bond donors (Lipinski definition) is 1. The molecule has 0 fully saturated rings. The van der Waals surface area contributed by atoms with Crippen molar-refractivity contribution in [2.75, 3.05) is 31.6 Å². The smallest absolute Gasteiger partial charge is 0.264 e. The van der Waals surface area contributed by atoms with Crippen molar-refractivity contribution in [1.82, 2.24) is 10.2 Å². The van der Waals surface area contributed by atoms with E-state index in [9.17, 15) is 18.0 Å². The maximum Gasteiger partial charge on any atom is 0.264 e. The lowest BCUT2D eigenvalue weighted by molar-refractivity contribution is -0.139. The van der Waals surface area contributed by atoms with Crippen LogP contribution in [0.25, 0.3) is 0 Å². The van der Waals surface area contributed by atoms with Crippen LogP contribution in [-0.4, -0.2) is 58.5 Å². The molecule has 0 spiro atoms. The molecular weight excluding hydrogens is 542 g/mol. The first-order chi connectivity index (χ1) is 18.6. The van der Waals surface area contributed by atoms with Gasteiger partial charge in [0.2, 0.25) is 11.8 Å². The second kappa shape index (κ2) is 13.3. The molecule has 0 unspecified atom stereocenters. The number of nitrogens with zero attached hydrogens (tertiary/aromatic N) is 2. The largest absolute Gasteiger partial charge is 0.497 e. The standard InChI is InChI=1S/C28H32ClN3O6S/c1-5-38-25-14-10-23(11-15-25)32(39(35,36)26-16-8-22(29)9-17-26)19-27(33)31(20(2)28(34)30-3)18-21-6-12-24(37-4)13-7-21/h6-17,20H,5,18-19H2,1-4H3,(H,30,34)/t20-/m0/s1. The number of benzene rings is 3. The molecule has 1 atom stereocenters. The number of rotatable bonds is 12. The molecular formula is C28H32ClN3O6S. The summed E-state index contributed by atoms with van der Waals surface area (Å²) >= 11 is 5.98. The summed E-state index contributed by atoms with van der Waals surface area (Å²) in [5.41, 5.74) is 1.01. The Balaban J connectivity index is 2.01. The molecule has 0 bridgehead atoms. The van der Waals surface area contributed by atoms with Gasteiger partial charge in [0.25, 0.3) is 10.0 Å². The molecule has 0 aliphatic rings. The molecule has 208 valence electrons. The molecule has 0 aliphatic heterocycles. The van der Waals surface area contributed by atoms with Crippen LogP contribution in [0.15, 0.2) is 77.7 Å². The molecule has 39 heavy (non-hydrogen) atoms. The van der Waals surface area contributed by atoms with Crippen LogP contribution in [0.4, 0.5) is 5.69 Å². The number of amides is 2. The van der Waals surface area contributed by atoms with Crippen molar-refractivity contribution < 1.29 is 27.5 Å². The number of carbonyl (C=O) groups is 2. The second-order valence-electron chi connectivity index (χ2n) is 8.55. The third-order valence-corrected chi connectivity index (χ3v) is 8.08. The minimum Gasteiger partial charge on any atom is -0.497 e. The van der Waals surface area contributed by atoms with E-state index in [0.717, 1.165) is 9.87 Å². The summed E-state index contributed by atoms with van der Waals surface area (Å²) in [5, 5.41) is 2.94. The van der Waals surface area contributed by atoms with Gasteiger partial charge in [0.05, 0.1) is 24.3 Å². The van der Waals surface area contributed by atoms with Crippen molar-refractivity contribution in [1.29, 1.82) is 0 Å². The third-order valence-electron chi connectivity index (χ3n) is 6.04. The molecule has 0 heterocycles. The van der Waals surface area contributed by atoms with Crippen LogP contribution in [0, 0.1) is 0 Å². The van der Waals surface area contributed by atoms with Crippen LogP contribution in [0.5, 0.6) is 11.5 Å². The molecule has 11 heteroatoms. The maximum absolute atomic E-state index is 13.8. The molecule has 0 aliphatic carbocycles. The van der Waals surface area contributed by atoms with Gasteiger partial charge in [-0.05, 0) is 80.1 Å². The Morgan fingerprint density at radius 3 is 2.08 bits per heavy atom. The van der Waals surface area contributed by atoms with Crippen molar-refractivity contribution in [2.24, 2.45) is 0 Å². The molecule has 1 N–H and O–H groups in total. The highest BCUT2D eigenvalue weighted by molar-refractivity contribution is 7.92. The van der Waals surface area contributed by atoms with Gasteiger partial charge in [0.1, 0.15) is 24.1 Å². The van der Waals surface area contributed by atoms with E-state index in [0.29, 0.717) is 23.1 Å². The third kappa shape index (κ3) is 7.42. The lowest BCUT2D eigenvalue weighted by Crippen LogP contribution is -2.50. The van der Waals surface area contributed by atoms with E-state index in [1.165, 1.54) is 36.2 Å². The minimum atomic E-state index is -4.19. The Labute approximate surface area is 234 Å². The topological polar surface area (TPSA) is 105 Å². The van der Waals surface area contributed by atoms with Gasteiger partial charge in [-0.1, -0.05) is 23.7 Å². The highest BCUT2D eigenvalue weighted by Gasteiger charge is 2.32. The number of sulfonamides is 1. The van der Waals surface area contributed by atoms with E-state index in [4.69, 9.17) is 21.1 Å². The fraction of sp³-hybridized carbons (Fsp3) is 0.286. The Hall–Kier alpha value is -3.76. The minimum absolute atomic E-state index is 0.0327. The Kier molecular flexibility index (Phi) is 10.2. The number of methoxy groups -OCH3 is 1. The van der Waals surface area contributed by atoms with Crippen molar-refractivity contribution >= 4 is 39.1 Å².